The first-order valence-corrected chi connectivity index (χ1v) is 10.6. The van der Waals surface area contributed by atoms with Gasteiger partial charge in [-0.15, -0.1) is 35.3 Å². The lowest BCUT2D eigenvalue weighted by molar-refractivity contribution is -0.131. The molecule has 29 heavy (non-hydrogen) atoms. The van der Waals surface area contributed by atoms with Crippen LogP contribution in [0.1, 0.15) is 24.0 Å². The third-order valence-corrected chi connectivity index (χ3v) is 6.14. The van der Waals surface area contributed by atoms with Gasteiger partial charge in [-0.1, -0.05) is 24.3 Å². The van der Waals surface area contributed by atoms with Crippen molar-refractivity contribution in [2.75, 3.05) is 37.6 Å². The molecule has 0 saturated carbocycles. The molecule has 156 valence electrons. The number of guanidine groups is 1. The van der Waals surface area contributed by atoms with Crippen molar-refractivity contribution < 1.29 is 4.79 Å². The van der Waals surface area contributed by atoms with Crippen molar-refractivity contribution in [2.24, 2.45) is 10.7 Å². The first kappa shape index (κ1) is 21.8. The number of piperazine rings is 1. The molecule has 1 aromatic carbocycles. The van der Waals surface area contributed by atoms with E-state index in [9.17, 15) is 4.79 Å². The van der Waals surface area contributed by atoms with Crippen LogP contribution in [0.15, 0.2) is 40.8 Å². The fourth-order valence-corrected chi connectivity index (χ4v) is 4.39. The van der Waals surface area contributed by atoms with E-state index in [4.69, 9.17) is 5.73 Å². The van der Waals surface area contributed by atoms with E-state index >= 15 is 0 Å². The van der Waals surface area contributed by atoms with Gasteiger partial charge in [0.1, 0.15) is 0 Å². The number of amides is 1. The van der Waals surface area contributed by atoms with Crippen molar-refractivity contribution in [3.63, 3.8) is 0 Å². The number of nitrogens with zero attached hydrogens (tertiary/aromatic N) is 5. The number of benzene rings is 1. The van der Waals surface area contributed by atoms with Crippen molar-refractivity contribution in [1.29, 1.82) is 0 Å². The molecule has 1 amide bonds. The van der Waals surface area contributed by atoms with E-state index in [2.05, 4.69) is 31.9 Å². The monoisotopic (exact) mass is 526 g/mol. The number of rotatable bonds is 5. The highest BCUT2D eigenvalue weighted by molar-refractivity contribution is 14.0. The Hall–Kier alpha value is -1.88. The molecule has 0 atom stereocenters. The van der Waals surface area contributed by atoms with Gasteiger partial charge in [0, 0.05) is 63.8 Å². The van der Waals surface area contributed by atoms with Gasteiger partial charge in [-0.25, -0.2) is 4.98 Å². The van der Waals surface area contributed by atoms with E-state index in [0.717, 1.165) is 50.8 Å². The number of carbonyl (C=O) groups excluding carboxylic acids is 1. The van der Waals surface area contributed by atoms with Crippen LogP contribution in [0.4, 0.5) is 5.13 Å². The van der Waals surface area contributed by atoms with Gasteiger partial charge in [0.05, 0.1) is 0 Å². The first-order valence-electron chi connectivity index (χ1n) is 9.74. The lowest BCUT2D eigenvalue weighted by Gasteiger charge is -2.35. The highest BCUT2D eigenvalue weighted by Gasteiger charge is 2.22. The molecule has 7 nitrogen and oxygen atoms in total. The Morgan fingerprint density at radius 1 is 1.10 bits per heavy atom. The molecule has 2 aromatic rings. The average Bonchev–Trinajstić information content (AvgIpc) is 3.41. The Bertz CT molecular complexity index is 810. The highest BCUT2D eigenvalue weighted by Crippen LogP contribution is 2.23. The molecular formula is C20H27IN6OS. The molecule has 0 bridgehead atoms. The van der Waals surface area contributed by atoms with Crippen LogP contribution >= 0.6 is 35.3 Å². The molecule has 1 aromatic heterocycles. The van der Waals surface area contributed by atoms with Gasteiger partial charge in [0.15, 0.2) is 11.1 Å². The van der Waals surface area contributed by atoms with Gasteiger partial charge in [0.25, 0.3) is 0 Å². The normalized spacial score (nSPS) is 16.6. The minimum atomic E-state index is 0. The minimum Gasteiger partial charge on any atom is -0.370 e. The molecule has 9 heteroatoms. The second-order valence-corrected chi connectivity index (χ2v) is 8.02. The zero-order valence-corrected chi connectivity index (χ0v) is 19.5. The predicted octanol–water partition coefficient (Wildman–Crippen LogP) is 2.52. The van der Waals surface area contributed by atoms with Crippen LogP contribution in [-0.4, -0.2) is 59.4 Å². The van der Waals surface area contributed by atoms with Crippen molar-refractivity contribution in [3.8, 4) is 0 Å². The summed E-state index contributed by atoms with van der Waals surface area (Å²) in [7, 11) is 0. The van der Waals surface area contributed by atoms with Crippen LogP contribution in [0, 0.1) is 0 Å². The van der Waals surface area contributed by atoms with Crippen LogP contribution in [-0.2, 0) is 17.9 Å². The SMILES string of the molecule is I.NC(=NCCCC(=O)N1Cc2ccccc2C1)N1CCN(c2nccs2)CC1. The van der Waals surface area contributed by atoms with Crippen molar-refractivity contribution in [2.45, 2.75) is 25.9 Å². The van der Waals surface area contributed by atoms with Gasteiger partial charge >= 0.3 is 0 Å². The largest absolute Gasteiger partial charge is 0.370 e. The lowest BCUT2D eigenvalue weighted by atomic mass is 10.1. The summed E-state index contributed by atoms with van der Waals surface area (Å²) in [6.45, 7) is 5.54. The third kappa shape index (κ3) is 5.39. The van der Waals surface area contributed by atoms with Crippen LogP contribution in [0.5, 0.6) is 0 Å². The van der Waals surface area contributed by atoms with Crippen molar-refractivity contribution >= 4 is 52.3 Å². The number of aromatic nitrogens is 1. The van der Waals surface area contributed by atoms with E-state index in [0.29, 0.717) is 18.9 Å². The Balaban J connectivity index is 0.00000240. The van der Waals surface area contributed by atoms with E-state index in [1.54, 1.807) is 11.3 Å². The molecular weight excluding hydrogens is 499 g/mol. The fraction of sp³-hybridized carbons (Fsp3) is 0.450. The maximum absolute atomic E-state index is 12.4. The predicted molar refractivity (Wildman–Crippen MR) is 128 cm³/mol. The average molecular weight is 526 g/mol. The zero-order valence-electron chi connectivity index (χ0n) is 16.4. The third-order valence-electron chi connectivity index (χ3n) is 5.31. The van der Waals surface area contributed by atoms with Crippen molar-refractivity contribution in [1.82, 2.24) is 14.8 Å². The summed E-state index contributed by atoms with van der Waals surface area (Å²) in [5.41, 5.74) is 8.68. The summed E-state index contributed by atoms with van der Waals surface area (Å²) in [5.74, 6) is 0.779. The summed E-state index contributed by atoms with van der Waals surface area (Å²) in [4.78, 5) is 27.6. The number of nitrogens with two attached hydrogens (primary N) is 1. The number of thiazole rings is 1. The standard InChI is InChI=1S/C20H26N6OS.HI/c21-19(24-9-11-25(12-10-24)20-23-8-13-28-20)22-7-3-6-18(27)26-14-16-4-1-2-5-17(16)15-26;/h1-2,4-5,8,13H,3,6-7,9-12,14-15H2,(H2,21,22);1H. The molecule has 3 heterocycles. The maximum Gasteiger partial charge on any atom is 0.223 e. The molecule has 1 fully saturated rings. The minimum absolute atomic E-state index is 0. The van der Waals surface area contributed by atoms with Gasteiger partial charge in [-0.3, -0.25) is 9.79 Å². The van der Waals surface area contributed by atoms with Crippen molar-refractivity contribution in [3.05, 3.63) is 47.0 Å². The molecule has 1 saturated heterocycles. The second kappa shape index (κ2) is 10.2. The second-order valence-electron chi connectivity index (χ2n) is 7.15. The first-order chi connectivity index (χ1) is 13.7. The number of fused-ring (bicyclic) bond motifs is 1. The Morgan fingerprint density at radius 3 is 2.41 bits per heavy atom. The zero-order chi connectivity index (χ0) is 19.3. The molecule has 0 aliphatic carbocycles. The molecule has 2 aliphatic heterocycles. The summed E-state index contributed by atoms with van der Waals surface area (Å²) in [6.07, 6.45) is 3.08. The van der Waals surface area contributed by atoms with Crippen LogP contribution < -0.4 is 10.6 Å². The Labute approximate surface area is 192 Å². The summed E-state index contributed by atoms with van der Waals surface area (Å²) < 4.78 is 0. The molecule has 0 unspecified atom stereocenters. The number of halogens is 1. The maximum atomic E-state index is 12.4. The molecule has 2 N–H and O–H groups in total. The number of hydrogen-bond donors (Lipinski definition) is 1. The van der Waals surface area contributed by atoms with Gasteiger partial charge in [0.2, 0.25) is 5.91 Å². The number of carbonyl (C=O) groups is 1. The van der Waals surface area contributed by atoms with E-state index in [-0.39, 0.29) is 29.9 Å². The molecule has 0 spiro atoms. The van der Waals surface area contributed by atoms with E-state index < -0.39 is 0 Å². The highest BCUT2D eigenvalue weighted by atomic mass is 127. The van der Waals surface area contributed by atoms with Crippen LogP contribution in [0.3, 0.4) is 0 Å². The number of anilines is 1. The van der Waals surface area contributed by atoms with Gasteiger partial charge in [-0.05, 0) is 17.5 Å². The summed E-state index contributed by atoms with van der Waals surface area (Å²) in [5, 5.41) is 3.07. The molecule has 4 rings (SSSR count). The number of hydrogen-bond acceptors (Lipinski definition) is 5. The van der Waals surface area contributed by atoms with Gasteiger partial charge < -0.3 is 20.4 Å². The topological polar surface area (TPSA) is 78.1 Å². The Kier molecular flexibility index (Phi) is 7.70. The molecule has 0 radical (unpaired) electrons. The quantitative estimate of drug-likeness (QED) is 0.281. The fourth-order valence-electron chi connectivity index (χ4n) is 3.69. The van der Waals surface area contributed by atoms with Crippen LogP contribution in [0.25, 0.3) is 0 Å². The lowest BCUT2D eigenvalue weighted by Crippen LogP contribution is -2.51. The molecule has 2 aliphatic rings. The van der Waals surface area contributed by atoms with E-state index in [1.165, 1.54) is 11.1 Å². The van der Waals surface area contributed by atoms with Gasteiger partial charge in [-0.2, -0.15) is 0 Å². The Morgan fingerprint density at radius 2 is 1.79 bits per heavy atom. The number of aliphatic imine (C=N–C) groups is 1. The van der Waals surface area contributed by atoms with E-state index in [1.807, 2.05) is 28.6 Å². The smallest absolute Gasteiger partial charge is 0.223 e. The summed E-state index contributed by atoms with van der Waals surface area (Å²) in [6, 6.07) is 8.26. The van der Waals surface area contributed by atoms with Crippen LogP contribution in [0.2, 0.25) is 0 Å². The summed E-state index contributed by atoms with van der Waals surface area (Å²) >= 11 is 1.66.